The average Bonchev–Trinajstić information content (AvgIpc) is 2.05. The SMILES string of the molecule is Nc1nc(N2CC(O)C2)nnc1Cl. The number of hydrogen-bond donors (Lipinski definition) is 2. The molecule has 1 aliphatic rings. The standard InChI is InChI=1S/C6H8ClN5O/c7-4-5(8)9-6(11-10-4)12-1-3(13)2-12/h3,13H,1-2H2,(H2,8,9,11). The van der Waals surface area contributed by atoms with Gasteiger partial charge in [-0.2, -0.15) is 4.98 Å². The molecular formula is C6H8ClN5O. The number of anilines is 2. The Morgan fingerprint density at radius 2 is 2.15 bits per heavy atom. The summed E-state index contributed by atoms with van der Waals surface area (Å²) in [6.07, 6.45) is -0.305. The van der Waals surface area contributed by atoms with Gasteiger partial charge in [0.1, 0.15) is 0 Å². The quantitative estimate of drug-likeness (QED) is 0.624. The molecule has 2 heterocycles. The molecule has 0 unspecified atom stereocenters. The molecule has 1 aromatic heterocycles. The van der Waals surface area contributed by atoms with Crippen molar-refractivity contribution in [1.82, 2.24) is 15.2 Å². The van der Waals surface area contributed by atoms with Crippen LogP contribution in [0.1, 0.15) is 0 Å². The van der Waals surface area contributed by atoms with Crippen LogP contribution in [0.2, 0.25) is 5.15 Å². The number of rotatable bonds is 1. The van der Waals surface area contributed by atoms with Gasteiger partial charge in [-0.3, -0.25) is 0 Å². The minimum absolute atomic E-state index is 0.102. The van der Waals surface area contributed by atoms with E-state index in [0.29, 0.717) is 19.0 Å². The van der Waals surface area contributed by atoms with Crippen molar-refractivity contribution in [1.29, 1.82) is 0 Å². The van der Waals surface area contributed by atoms with E-state index in [1.54, 1.807) is 4.90 Å². The van der Waals surface area contributed by atoms with Gasteiger partial charge in [-0.1, -0.05) is 11.6 Å². The lowest BCUT2D eigenvalue weighted by Crippen LogP contribution is -2.51. The van der Waals surface area contributed by atoms with E-state index < -0.39 is 0 Å². The predicted octanol–water partition coefficient (Wildman–Crippen LogP) is -0.712. The summed E-state index contributed by atoms with van der Waals surface area (Å²) in [5.74, 6) is 0.570. The Balaban J connectivity index is 2.18. The van der Waals surface area contributed by atoms with Crippen molar-refractivity contribution in [2.45, 2.75) is 6.10 Å². The molecule has 0 atom stereocenters. The topological polar surface area (TPSA) is 88.2 Å². The van der Waals surface area contributed by atoms with Crippen molar-refractivity contribution in [2.75, 3.05) is 23.7 Å². The fraction of sp³-hybridized carbons (Fsp3) is 0.500. The summed E-state index contributed by atoms with van der Waals surface area (Å²) in [5, 5.41) is 16.5. The summed E-state index contributed by atoms with van der Waals surface area (Å²) in [5.41, 5.74) is 5.44. The van der Waals surface area contributed by atoms with Crippen molar-refractivity contribution < 1.29 is 5.11 Å². The van der Waals surface area contributed by atoms with Crippen LogP contribution in [0.3, 0.4) is 0 Å². The minimum Gasteiger partial charge on any atom is -0.389 e. The normalized spacial score (nSPS) is 17.2. The number of β-amino-alcohol motifs (C(OH)–C–C–N with tert-alkyl or cyclic N) is 1. The van der Waals surface area contributed by atoms with Crippen molar-refractivity contribution in [3.63, 3.8) is 0 Å². The molecule has 1 aromatic rings. The molecule has 6 nitrogen and oxygen atoms in total. The molecular weight excluding hydrogens is 194 g/mol. The molecule has 3 N–H and O–H groups in total. The van der Waals surface area contributed by atoms with Gasteiger partial charge in [0.2, 0.25) is 5.95 Å². The molecule has 1 aliphatic heterocycles. The third-order valence-corrected chi connectivity index (χ3v) is 2.07. The van der Waals surface area contributed by atoms with E-state index in [-0.39, 0.29) is 17.1 Å². The number of aliphatic hydroxyl groups excluding tert-OH is 1. The first-order valence-corrected chi connectivity index (χ1v) is 4.13. The van der Waals surface area contributed by atoms with Gasteiger partial charge < -0.3 is 15.7 Å². The first-order valence-electron chi connectivity index (χ1n) is 3.75. The summed E-state index contributed by atoms with van der Waals surface area (Å²) in [7, 11) is 0. The van der Waals surface area contributed by atoms with Crippen molar-refractivity contribution in [3.05, 3.63) is 5.15 Å². The van der Waals surface area contributed by atoms with Crippen LogP contribution < -0.4 is 10.6 Å². The van der Waals surface area contributed by atoms with Gasteiger partial charge in [-0.25, -0.2) is 0 Å². The second-order valence-electron chi connectivity index (χ2n) is 2.85. The second kappa shape index (κ2) is 2.97. The lowest BCUT2D eigenvalue weighted by molar-refractivity contribution is 0.140. The van der Waals surface area contributed by atoms with E-state index >= 15 is 0 Å². The second-order valence-corrected chi connectivity index (χ2v) is 3.20. The Hall–Kier alpha value is -1.14. The lowest BCUT2D eigenvalue weighted by Gasteiger charge is -2.35. The minimum atomic E-state index is -0.305. The molecule has 70 valence electrons. The monoisotopic (exact) mass is 201 g/mol. The zero-order valence-corrected chi connectivity index (χ0v) is 7.44. The van der Waals surface area contributed by atoms with Crippen molar-refractivity contribution in [2.24, 2.45) is 0 Å². The Labute approximate surface area is 79.3 Å². The first-order chi connectivity index (χ1) is 6.16. The molecule has 0 amide bonds. The van der Waals surface area contributed by atoms with E-state index in [1.807, 2.05) is 0 Å². The highest BCUT2D eigenvalue weighted by Crippen LogP contribution is 2.18. The number of halogens is 1. The van der Waals surface area contributed by atoms with Crippen molar-refractivity contribution in [3.8, 4) is 0 Å². The van der Waals surface area contributed by atoms with Gasteiger partial charge in [0.25, 0.3) is 0 Å². The summed E-state index contributed by atoms with van der Waals surface area (Å²) < 4.78 is 0. The lowest BCUT2D eigenvalue weighted by atomic mass is 10.2. The van der Waals surface area contributed by atoms with Gasteiger partial charge in [0, 0.05) is 13.1 Å². The van der Waals surface area contributed by atoms with Crippen LogP contribution in [0, 0.1) is 0 Å². The highest BCUT2D eigenvalue weighted by atomic mass is 35.5. The Kier molecular flexibility index (Phi) is 1.93. The predicted molar refractivity (Wildman–Crippen MR) is 47.5 cm³/mol. The molecule has 0 bridgehead atoms. The largest absolute Gasteiger partial charge is 0.389 e. The van der Waals surface area contributed by atoms with Crippen LogP contribution in [-0.2, 0) is 0 Å². The van der Waals surface area contributed by atoms with Gasteiger partial charge in [0.05, 0.1) is 6.10 Å². The van der Waals surface area contributed by atoms with Gasteiger partial charge >= 0.3 is 0 Å². The maximum atomic E-state index is 9.03. The molecule has 0 aromatic carbocycles. The maximum absolute atomic E-state index is 9.03. The van der Waals surface area contributed by atoms with Crippen molar-refractivity contribution >= 4 is 23.4 Å². The number of nitrogens with two attached hydrogens (primary N) is 1. The molecule has 0 aliphatic carbocycles. The Bertz CT molecular complexity index is 327. The van der Waals surface area contributed by atoms with E-state index in [4.69, 9.17) is 22.4 Å². The fourth-order valence-corrected chi connectivity index (χ4v) is 1.15. The molecule has 13 heavy (non-hydrogen) atoms. The molecule has 1 saturated heterocycles. The highest BCUT2D eigenvalue weighted by molar-refractivity contribution is 6.31. The first kappa shape index (κ1) is 8.46. The zero-order valence-electron chi connectivity index (χ0n) is 6.68. The van der Waals surface area contributed by atoms with Crippen LogP contribution in [-0.4, -0.2) is 39.5 Å². The van der Waals surface area contributed by atoms with Gasteiger partial charge in [-0.15, -0.1) is 10.2 Å². The number of nitrogens with zero attached hydrogens (tertiary/aromatic N) is 4. The summed E-state index contributed by atoms with van der Waals surface area (Å²) in [6, 6.07) is 0. The molecule has 2 rings (SSSR count). The van der Waals surface area contributed by atoms with E-state index in [2.05, 4.69) is 15.2 Å². The molecule has 0 spiro atoms. The number of aliphatic hydroxyl groups is 1. The summed E-state index contributed by atoms with van der Waals surface area (Å²) in [6.45, 7) is 1.03. The van der Waals surface area contributed by atoms with E-state index in [9.17, 15) is 0 Å². The van der Waals surface area contributed by atoms with E-state index in [1.165, 1.54) is 0 Å². The third kappa shape index (κ3) is 1.50. The molecule has 0 radical (unpaired) electrons. The Morgan fingerprint density at radius 1 is 1.46 bits per heavy atom. The highest BCUT2D eigenvalue weighted by Gasteiger charge is 2.27. The zero-order chi connectivity index (χ0) is 9.42. The van der Waals surface area contributed by atoms with Gasteiger partial charge in [0.15, 0.2) is 11.0 Å². The summed E-state index contributed by atoms with van der Waals surface area (Å²) in [4.78, 5) is 5.68. The number of hydrogen-bond acceptors (Lipinski definition) is 6. The smallest absolute Gasteiger partial charge is 0.247 e. The Morgan fingerprint density at radius 3 is 2.69 bits per heavy atom. The van der Waals surface area contributed by atoms with E-state index in [0.717, 1.165) is 0 Å². The van der Waals surface area contributed by atoms with Crippen LogP contribution in [0.25, 0.3) is 0 Å². The maximum Gasteiger partial charge on any atom is 0.247 e. The van der Waals surface area contributed by atoms with Crippen LogP contribution in [0.15, 0.2) is 0 Å². The van der Waals surface area contributed by atoms with Crippen LogP contribution in [0.4, 0.5) is 11.8 Å². The van der Waals surface area contributed by atoms with Crippen LogP contribution in [0.5, 0.6) is 0 Å². The molecule has 0 saturated carbocycles. The fourth-order valence-electron chi connectivity index (χ4n) is 1.07. The molecule has 7 heteroatoms. The average molecular weight is 202 g/mol. The third-order valence-electron chi connectivity index (χ3n) is 1.80. The number of nitrogen functional groups attached to an aromatic ring is 1. The molecule has 1 fully saturated rings. The summed E-state index contributed by atoms with van der Waals surface area (Å²) >= 11 is 5.55. The van der Waals surface area contributed by atoms with Gasteiger partial charge in [-0.05, 0) is 0 Å². The van der Waals surface area contributed by atoms with Crippen LogP contribution >= 0.6 is 11.6 Å². The number of aromatic nitrogens is 3.